The van der Waals surface area contributed by atoms with Crippen LogP contribution >= 0.6 is 43.5 Å². The number of anilines is 1. The van der Waals surface area contributed by atoms with Gasteiger partial charge in [-0.3, -0.25) is 19.3 Å². The molecule has 3 aliphatic rings. The standard InChI is InChI=1S/C21H23Br2ClN2O4/c22-18-11-9-12(19(18)23)17-16(11)20(29)26(21(17)30)7-3-1-2-4-15(28)25-13-8-10(24)5-6-14(13)27/h5-6,8,11-12,16-19,27H,1-4,7,9H2,(H,25,28)/t11-,12-,16-,17+,18-,19+/m0/s1. The number of benzene rings is 1. The number of nitrogens with one attached hydrogen (secondary N) is 1. The number of unbranched alkanes of at least 4 members (excludes halogenated alkanes) is 2. The smallest absolute Gasteiger partial charge is 0.233 e. The minimum absolute atomic E-state index is 0.0180. The molecule has 2 N–H and O–H groups in total. The van der Waals surface area contributed by atoms with Crippen LogP contribution in [0.1, 0.15) is 32.1 Å². The van der Waals surface area contributed by atoms with E-state index in [9.17, 15) is 19.5 Å². The van der Waals surface area contributed by atoms with Crippen LogP contribution in [0.3, 0.4) is 0 Å². The fourth-order valence-corrected chi connectivity index (χ4v) is 7.23. The number of hydrogen-bond donors (Lipinski definition) is 2. The average Bonchev–Trinajstić information content (AvgIpc) is 3.30. The second kappa shape index (κ2) is 8.79. The zero-order valence-corrected chi connectivity index (χ0v) is 20.1. The van der Waals surface area contributed by atoms with Gasteiger partial charge in [-0.2, -0.15) is 0 Å². The molecule has 1 aliphatic heterocycles. The van der Waals surface area contributed by atoms with E-state index in [4.69, 9.17) is 11.6 Å². The van der Waals surface area contributed by atoms with Gasteiger partial charge in [-0.05, 0) is 49.3 Å². The van der Waals surface area contributed by atoms with Crippen molar-refractivity contribution >= 4 is 66.9 Å². The lowest BCUT2D eigenvalue weighted by Crippen LogP contribution is -2.37. The molecule has 2 bridgehead atoms. The summed E-state index contributed by atoms with van der Waals surface area (Å²) in [6.07, 6.45) is 3.27. The number of amides is 3. The summed E-state index contributed by atoms with van der Waals surface area (Å²) in [6, 6.07) is 4.47. The summed E-state index contributed by atoms with van der Waals surface area (Å²) in [5.74, 6) is -0.150. The van der Waals surface area contributed by atoms with E-state index in [-0.39, 0.29) is 62.5 Å². The monoisotopic (exact) mass is 560 g/mol. The maximum Gasteiger partial charge on any atom is 0.233 e. The molecule has 3 fully saturated rings. The molecular weight excluding hydrogens is 540 g/mol. The van der Waals surface area contributed by atoms with Crippen LogP contribution in [0.2, 0.25) is 5.02 Å². The van der Waals surface area contributed by atoms with E-state index in [1.54, 1.807) is 6.07 Å². The third-order valence-electron chi connectivity index (χ3n) is 6.60. The number of likely N-dealkylation sites (tertiary alicyclic amines) is 1. The largest absolute Gasteiger partial charge is 0.506 e. The van der Waals surface area contributed by atoms with Crippen molar-refractivity contribution in [2.45, 2.75) is 41.8 Å². The van der Waals surface area contributed by atoms with Crippen LogP contribution < -0.4 is 5.32 Å². The molecule has 1 aromatic carbocycles. The molecule has 2 saturated carbocycles. The fourth-order valence-electron chi connectivity index (χ4n) is 5.18. The number of imide groups is 1. The summed E-state index contributed by atoms with van der Waals surface area (Å²) in [7, 11) is 0. The Hall–Kier alpha value is -1.12. The number of fused-ring (bicyclic) bond motifs is 5. The third kappa shape index (κ3) is 3.91. The molecule has 162 valence electrons. The number of phenols is 1. The molecule has 1 heterocycles. The first-order valence-electron chi connectivity index (χ1n) is 10.2. The molecule has 0 spiro atoms. The van der Waals surface area contributed by atoms with Gasteiger partial charge in [-0.15, -0.1) is 0 Å². The summed E-state index contributed by atoms with van der Waals surface area (Å²) in [6.45, 7) is 0.417. The van der Waals surface area contributed by atoms with Gasteiger partial charge in [0.15, 0.2) is 0 Å². The van der Waals surface area contributed by atoms with Gasteiger partial charge in [0.1, 0.15) is 5.75 Å². The van der Waals surface area contributed by atoms with E-state index >= 15 is 0 Å². The summed E-state index contributed by atoms with van der Waals surface area (Å²) in [5, 5.41) is 12.8. The highest BCUT2D eigenvalue weighted by atomic mass is 79.9. The first kappa shape index (κ1) is 22.1. The SMILES string of the molecule is O=C(CCCCCN1C(=O)[C@@H]2[C@@H]3C[C@H]([C@H](Br)[C@@H]3Br)[C@@H]2C1=O)Nc1cc(Cl)ccc1O. The Morgan fingerprint density at radius 2 is 1.73 bits per heavy atom. The van der Waals surface area contributed by atoms with Crippen molar-refractivity contribution in [1.29, 1.82) is 0 Å². The van der Waals surface area contributed by atoms with Crippen LogP contribution in [-0.2, 0) is 14.4 Å². The zero-order valence-electron chi connectivity index (χ0n) is 16.2. The van der Waals surface area contributed by atoms with Crippen LogP contribution in [0.15, 0.2) is 18.2 Å². The van der Waals surface area contributed by atoms with Gasteiger partial charge >= 0.3 is 0 Å². The first-order valence-corrected chi connectivity index (χ1v) is 12.4. The van der Waals surface area contributed by atoms with Crippen molar-refractivity contribution in [3.05, 3.63) is 23.2 Å². The van der Waals surface area contributed by atoms with Crippen LogP contribution in [0, 0.1) is 23.7 Å². The lowest BCUT2D eigenvalue weighted by Gasteiger charge is -2.28. The molecular formula is C21H23Br2ClN2O4. The molecule has 0 unspecified atom stereocenters. The maximum atomic E-state index is 12.8. The fraction of sp³-hybridized carbons (Fsp3) is 0.571. The minimum Gasteiger partial charge on any atom is -0.506 e. The van der Waals surface area contributed by atoms with Crippen molar-refractivity contribution in [3.63, 3.8) is 0 Å². The summed E-state index contributed by atoms with van der Waals surface area (Å²) in [4.78, 5) is 39.7. The Bertz CT molecular complexity index is 851. The topological polar surface area (TPSA) is 86.7 Å². The quantitative estimate of drug-likeness (QED) is 0.224. The highest BCUT2D eigenvalue weighted by Crippen LogP contribution is 2.60. The van der Waals surface area contributed by atoms with Crippen molar-refractivity contribution in [2.75, 3.05) is 11.9 Å². The summed E-state index contributed by atoms with van der Waals surface area (Å²) >= 11 is 13.3. The molecule has 0 aromatic heterocycles. The molecule has 0 radical (unpaired) electrons. The Balaban J connectivity index is 1.22. The van der Waals surface area contributed by atoms with Crippen LogP contribution in [0.5, 0.6) is 5.75 Å². The summed E-state index contributed by atoms with van der Waals surface area (Å²) in [5.41, 5.74) is 0.289. The predicted octanol–water partition coefficient (Wildman–Crippen LogP) is 4.32. The number of carbonyl (C=O) groups is 3. The third-order valence-corrected chi connectivity index (χ3v) is 10.0. The van der Waals surface area contributed by atoms with Crippen molar-refractivity contribution in [2.24, 2.45) is 23.7 Å². The lowest BCUT2D eigenvalue weighted by atomic mass is 9.81. The Morgan fingerprint density at radius 1 is 1.10 bits per heavy atom. The van der Waals surface area contributed by atoms with Gasteiger partial charge in [-0.25, -0.2) is 0 Å². The number of halogens is 3. The number of aromatic hydroxyl groups is 1. The van der Waals surface area contributed by atoms with E-state index in [1.807, 2.05) is 0 Å². The molecule has 6 atom stereocenters. The highest BCUT2D eigenvalue weighted by molar-refractivity contribution is 9.12. The molecule has 4 rings (SSSR count). The zero-order chi connectivity index (χ0) is 21.6. The van der Waals surface area contributed by atoms with E-state index < -0.39 is 0 Å². The average molecular weight is 563 g/mol. The number of carbonyl (C=O) groups excluding carboxylic acids is 3. The molecule has 1 aromatic rings. The number of nitrogens with zero attached hydrogens (tertiary/aromatic N) is 1. The molecule has 6 nitrogen and oxygen atoms in total. The Labute approximate surface area is 197 Å². The normalized spacial score (nSPS) is 32.0. The predicted molar refractivity (Wildman–Crippen MR) is 121 cm³/mol. The number of hydrogen-bond acceptors (Lipinski definition) is 4. The van der Waals surface area contributed by atoms with Crippen LogP contribution in [0.25, 0.3) is 0 Å². The first-order chi connectivity index (χ1) is 14.3. The minimum atomic E-state index is -0.210. The van der Waals surface area contributed by atoms with Gasteiger partial charge in [0, 0.05) is 27.6 Å². The molecule has 1 saturated heterocycles. The van der Waals surface area contributed by atoms with Gasteiger partial charge in [0.2, 0.25) is 17.7 Å². The van der Waals surface area contributed by atoms with Crippen molar-refractivity contribution in [3.8, 4) is 5.75 Å². The Kier molecular flexibility index (Phi) is 6.47. The molecule has 30 heavy (non-hydrogen) atoms. The lowest BCUT2D eigenvalue weighted by molar-refractivity contribution is -0.140. The molecule has 3 amide bonds. The summed E-state index contributed by atoms with van der Waals surface area (Å²) < 4.78 is 0. The van der Waals surface area contributed by atoms with Gasteiger partial charge in [0.05, 0.1) is 17.5 Å². The molecule has 9 heteroatoms. The van der Waals surface area contributed by atoms with E-state index in [0.717, 1.165) is 12.8 Å². The van der Waals surface area contributed by atoms with Gasteiger partial charge in [-0.1, -0.05) is 49.9 Å². The number of rotatable bonds is 7. The second-order valence-electron chi connectivity index (χ2n) is 8.35. The van der Waals surface area contributed by atoms with Crippen molar-refractivity contribution in [1.82, 2.24) is 4.90 Å². The van der Waals surface area contributed by atoms with E-state index in [0.29, 0.717) is 30.8 Å². The maximum absolute atomic E-state index is 12.8. The number of phenolic OH excluding ortho intramolecular Hbond substituents is 1. The van der Waals surface area contributed by atoms with Crippen molar-refractivity contribution < 1.29 is 19.5 Å². The van der Waals surface area contributed by atoms with Crippen LogP contribution in [0.4, 0.5) is 5.69 Å². The van der Waals surface area contributed by atoms with Gasteiger partial charge in [0.25, 0.3) is 0 Å². The van der Waals surface area contributed by atoms with E-state index in [1.165, 1.54) is 17.0 Å². The molecule has 2 aliphatic carbocycles. The van der Waals surface area contributed by atoms with Crippen LogP contribution in [-0.4, -0.2) is 43.9 Å². The highest BCUT2D eigenvalue weighted by Gasteiger charge is 2.66. The second-order valence-corrected chi connectivity index (χ2v) is 10.9. The van der Waals surface area contributed by atoms with Gasteiger partial charge < -0.3 is 10.4 Å². The number of alkyl halides is 2. The Morgan fingerprint density at radius 3 is 2.37 bits per heavy atom. The van der Waals surface area contributed by atoms with E-state index in [2.05, 4.69) is 37.2 Å².